The standard InChI is InChI=1S/C13H12N2O4/c1-9-6-11(15(17)18)3-4-12(9)19-13-5-2-10(8-16)7-14-13/h2-7,16H,8H2,1H3. The maximum Gasteiger partial charge on any atom is 0.269 e. The van der Waals surface area contributed by atoms with E-state index in [1.165, 1.54) is 24.4 Å². The quantitative estimate of drug-likeness (QED) is 0.674. The summed E-state index contributed by atoms with van der Waals surface area (Å²) in [4.78, 5) is 14.2. The molecule has 1 aromatic heterocycles. The van der Waals surface area contributed by atoms with E-state index in [0.29, 0.717) is 22.8 Å². The second-order valence-corrected chi connectivity index (χ2v) is 3.97. The zero-order chi connectivity index (χ0) is 13.8. The summed E-state index contributed by atoms with van der Waals surface area (Å²) < 4.78 is 5.53. The molecule has 1 N–H and O–H groups in total. The van der Waals surface area contributed by atoms with Crippen LogP contribution in [0.5, 0.6) is 11.6 Å². The average Bonchev–Trinajstić information content (AvgIpc) is 2.41. The molecular formula is C13H12N2O4. The van der Waals surface area contributed by atoms with Crippen LogP contribution in [0.2, 0.25) is 0 Å². The molecule has 0 unspecified atom stereocenters. The minimum Gasteiger partial charge on any atom is -0.439 e. The molecule has 0 saturated carbocycles. The molecule has 0 spiro atoms. The predicted octanol–water partition coefficient (Wildman–Crippen LogP) is 2.58. The van der Waals surface area contributed by atoms with Gasteiger partial charge >= 0.3 is 0 Å². The zero-order valence-electron chi connectivity index (χ0n) is 10.2. The van der Waals surface area contributed by atoms with Crippen LogP contribution in [0, 0.1) is 17.0 Å². The third-order valence-electron chi connectivity index (χ3n) is 2.56. The lowest BCUT2D eigenvalue weighted by Crippen LogP contribution is -1.93. The van der Waals surface area contributed by atoms with E-state index in [-0.39, 0.29) is 12.3 Å². The number of nitrogens with zero attached hydrogens (tertiary/aromatic N) is 2. The Hall–Kier alpha value is -2.47. The van der Waals surface area contributed by atoms with Gasteiger partial charge in [-0.15, -0.1) is 0 Å². The van der Waals surface area contributed by atoms with Gasteiger partial charge in [-0.25, -0.2) is 4.98 Å². The minimum atomic E-state index is -0.453. The van der Waals surface area contributed by atoms with Crippen LogP contribution in [0.3, 0.4) is 0 Å². The first kappa shape index (κ1) is 13.0. The van der Waals surface area contributed by atoms with Crippen molar-refractivity contribution in [1.29, 1.82) is 0 Å². The van der Waals surface area contributed by atoms with E-state index in [2.05, 4.69) is 4.98 Å². The normalized spacial score (nSPS) is 10.2. The van der Waals surface area contributed by atoms with Crippen LogP contribution >= 0.6 is 0 Å². The number of nitro groups is 1. The lowest BCUT2D eigenvalue weighted by molar-refractivity contribution is -0.384. The van der Waals surface area contributed by atoms with Gasteiger partial charge in [-0.2, -0.15) is 0 Å². The predicted molar refractivity (Wildman–Crippen MR) is 68.1 cm³/mol. The van der Waals surface area contributed by atoms with Gasteiger partial charge in [-0.05, 0) is 30.2 Å². The Kier molecular flexibility index (Phi) is 3.72. The van der Waals surface area contributed by atoms with Crippen LogP contribution in [-0.2, 0) is 6.61 Å². The number of pyridine rings is 1. The van der Waals surface area contributed by atoms with Crippen LogP contribution in [0.25, 0.3) is 0 Å². The summed E-state index contributed by atoms with van der Waals surface area (Å²) in [7, 11) is 0. The number of ether oxygens (including phenoxy) is 1. The van der Waals surface area contributed by atoms with Gasteiger partial charge in [0.25, 0.3) is 5.69 Å². The summed E-state index contributed by atoms with van der Waals surface area (Å²) in [5.74, 6) is 0.879. The molecule has 0 radical (unpaired) electrons. The van der Waals surface area contributed by atoms with Gasteiger partial charge in [0.15, 0.2) is 0 Å². The van der Waals surface area contributed by atoms with Crippen molar-refractivity contribution in [1.82, 2.24) is 4.98 Å². The van der Waals surface area contributed by atoms with Crippen molar-refractivity contribution in [3.63, 3.8) is 0 Å². The first-order chi connectivity index (χ1) is 9.10. The maximum absolute atomic E-state index is 10.6. The summed E-state index contributed by atoms with van der Waals surface area (Å²) in [6.45, 7) is 1.65. The van der Waals surface area contributed by atoms with Crippen molar-refractivity contribution < 1.29 is 14.8 Å². The molecule has 0 bridgehead atoms. The number of aromatic nitrogens is 1. The number of aliphatic hydroxyl groups is 1. The number of non-ortho nitro benzene ring substituents is 1. The molecule has 0 aliphatic carbocycles. The number of aliphatic hydroxyl groups excluding tert-OH is 1. The molecule has 1 aromatic carbocycles. The van der Waals surface area contributed by atoms with Gasteiger partial charge in [0, 0.05) is 24.4 Å². The van der Waals surface area contributed by atoms with E-state index in [0.717, 1.165) is 0 Å². The molecule has 0 fully saturated rings. The number of benzene rings is 1. The number of rotatable bonds is 4. The van der Waals surface area contributed by atoms with Gasteiger partial charge in [0.1, 0.15) is 5.75 Å². The third kappa shape index (κ3) is 3.05. The summed E-state index contributed by atoms with van der Waals surface area (Å²) in [5.41, 5.74) is 1.36. The Bertz CT molecular complexity index is 596. The van der Waals surface area contributed by atoms with Crippen molar-refractivity contribution >= 4 is 5.69 Å². The van der Waals surface area contributed by atoms with E-state index in [1.54, 1.807) is 19.1 Å². The lowest BCUT2D eigenvalue weighted by Gasteiger charge is -2.07. The smallest absolute Gasteiger partial charge is 0.269 e. The van der Waals surface area contributed by atoms with E-state index in [1.807, 2.05) is 0 Å². The van der Waals surface area contributed by atoms with Gasteiger partial charge in [-0.1, -0.05) is 0 Å². The van der Waals surface area contributed by atoms with Gasteiger partial charge in [0.2, 0.25) is 5.88 Å². The van der Waals surface area contributed by atoms with Crippen molar-refractivity contribution in [3.8, 4) is 11.6 Å². The fourth-order valence-corrected chi connectivity index (χ4v) is 1.54. The second kappa shape index (κ2) is 5.45. The Morgan fingerprint density at radius 1 is 1.37 bits per heavy atom. The number of aryl methyl sites for hydroxylation is 1. The molecule has 19 heavy (non-hydrogen) atoms. The molecule has 6 nitrogen and oxygen atoms in total. The molecule has 0 aliphatic rings. The number of hydrogen-bond donors (Lipinski definition) is 1. The molecule has 0 saturated heterocycles. The van der Waals surface area contributed by atoms with Crippen molar-refractivity contribution in [2.45, 2.75) is 13.5 Å². The van der Waals surface area contributed by atoms with Gasteiger partial charge in [-0.3, -0.25) is 10.1 Å². The van der Waals surface area contributed by atoms with E-state index < -0.39 is 4.92 Å². The number of hydrogen-bond acceptors (Lipinski definition) is 5. The molecule has 0 amide bonds. The zero-order valence-corrected chi connectivity index (χ0v) is 10.2. The molecule has 2 aromatic rings. The Labute approximate surface area is 109 Å². The maximum atomic E-state index is 10.6. The first-order valence-corrected chi connectivity index (χ1v) is 5.59. The molecule has 6 heteroatoms. The number of nitro benzene ring substituents is 1. The molecular weight excluding hydrogens is 248 g/mol. The van der Waals surface area contributed by atoms with Crippen LogP contribution in [0.1, 0.15) is 11.1 Å². The minimum absolute atomic E-state index is 0.0217. The fourth-order valence-electron chi connectivity index (χ4n) is 1.54. The van der Waals surface area contributed by atoms with E-state index >= 15 is 0 Å². The molecule has 0 aliphatic heterocycles. The average molecular weight is 260 g/mol. The highest BCUT2D eigenvalue weighted by molar-refractivity contribution is 5.44. The highest BCUT2D eigenvalue weighted by Gasteiger charge is 2.09. The van der Waals surface area contributed by atoms with Gasteiger partial charge < -0.3 is 9.84 Å². The van der Waals surface area contributed by atoms with Crippen molar-refractivity contribution in [2.24, 2.45) is 0 Å². The van der Waals surface area contributed by atoms with E-state index in [4.69, 9.17) is 9.84 Å². The molecule has 0 atom stereocenters. The fraction of sp³-hybridized carbons (Fsp3) is 0.154. The highest BCUT2D eigenvalue weighted by Crippen LogP contribution is 2.27. The Morgan fingerprint density at radius 2 is 2.16 bits per heavy atom. The monoisotopic (exact) mass is 260 g/mol. The first-order valence-electron chi connectivity index (χ1n) is 5.59. The largest absolute Gasteiger partial charge is 0.439 e. The molecule has 2 rings (SSSR count). The Balaban J connectivity index is 2.20. The summed E-state index contributed by atoms with van der Waals surface area (Å²) in [6, 6.07) is 7.69. The topological polar surface area (TPSA) is 85.5 Å². The molecule has 98 valence electrons. The Morgan fingerprint density at radius 3 is 2.68 bits per heavy atom. The second-order valence-electron chi connectivity index (χ2n) is 3.97. The third-order valence-corrected chi connectivity index (χ3v) is 2.56. The summed E-state index contributed by atoms with van der Waals surface area (Å²) in [6.07, 6.45) is 1.51. The van der Waals surface area contributed by atoms with Crippen LogP contribution in [-0.4, -0.2) is 15.0 Å². The van der Waals surface area contributed by atoms with Crippen LogP contribution in [0.15, 0.2) is 36.5 Å². The van der Waals surface area contributed by atoms with Crippen molar-refractivity contribution in [2.75, 3.05) is 0 Å². The highest BCUT2D eigenvalue weighted by atomic mass is 16.6. The van der Waals surface area contributed by atoms with E-state index in [9.17, 15) is 10.1 Å². The van der Waals surface area contributed by atoms with Crippen LogP contribution < -0.4 is 4.74 Å². The van der Waals surface area contributed by atoms with Crippen LogP contribution in [0.4, 0.5) is 5.69 Å². The SMILES string of the molecule is Cc1cc([N+](=O)[O-])ccc1Oc1ccc(CO)cn1. The lowest BCUT2D eigenvalue weighted by atomic mass is 10.2. The molecule has 1 heterocycles. The van der Waals surface area contributed by atoms with Crippen molar-refractivity contribution in [3.05, 3.63) is 57.8 Å². The summed E-state index contributed by atoms with van der Waals surface area (Å²) in [5, 5.41) is 19.5. The van der Waals surface area contributed by atoms with Gasteiger partial charge in [0.05, 0.1) is 11.5 Å². The summed E-state index contributed by atoms with van der Waals surface area (Å²) >= 11 is 0.